The van der Waals surface area contributed by atoms with E-state index in [4.69, 9.17) is 0 Å². The number of hydrogen-bond acceptors (Lipinski definition) is 2. The van der Waals surface area contributed by atoms with Gasteiger partial charge < -0.3 is 9.13 Å². The van der Waals surface area contributed by atoms with Crippen molar-refractivity contribution in [2.45, 2.75) is 0 Å². The van der Waals surface area contributed by atoms with Gasteiger partial charge in [0.15, 0.2) is 23.3 Å². The fourth-order valence-corrected chi connectivity index (χ4v) is 5.61. The standard InChI is InChI=1S/C32H13F5N4/c33-27-28(34)30(36)32(31(37)29(27)35)41-24-8-4-2-6-19(24)21-12-20-18-5-1-3-7-23(18)40(25(20)13-26(21)41)22-10-9-16(14-38)11-17(22)15-39/h1-13H. The van der Waals surface area contributed by atoms with Gasteiger partial charge in [-0.1, -0.05) is 36.4 Å². The van der Waals surface area contributed by atoms with Gasteiger partial charge in [0.2, 0.25) is 5.82 Å². The first-order valence-corrected chi connectivity index (χ1v) is 12.3. The van der Waals surface area contributed by atoms with Crippen LogP contribution in [0.15, 0.2) is 78.9 Å². The third kappa shape index (κ3) is 3.23. The quantitative estimate of drug-likeness (QED) is 0.124. The summed E-state index contributed by atoms with van der Waals surface area (Å²) in [5, 5.41) is 21.9. The topological polar surface area (TPSA) is 57.4 Å². The van der Waals surface area contributed by atoms with Gasteiger partial charge in [0.05, 0.1) is 45.0 Å². The smallest absolute Gasteiger partial charge is 0.200 e. The fourth-order valence-electron chi connectivity index (χ4n) is 5.61. The van der Waals surface area contributed by atoms with Crippen molar-refractivity contribution < 1.29 is 22.0 Å². The van der Waals surface area contributed by atoms with Gasteiger partial charge in [0, 0.05) is 21.5 Å². The van der Waals surface area contributed by atoms with E-state index in [1.54, 1.807) is 47.0 Å². The lowest BCUT2D eigenvalue weighted by Gasteiger charge is -2.13. The van der Waals surface area contributed by atoms with E-state index in [-0.39, 0.29) is 16.6 Å². The van der Waals surface area contributed by atoms with Crippen LogP contribution in [0, 0.1) is 51.7 Å². The Labute approximate surface area is 227 Å². The second-order valence-corrected chi connectivity index (χ2v) is 9.47. The lowest BCUT2D eigenvalue weighted by atomic mass is 10.1. The van der Waals surface area contributed by atoms with Crippen LogP contribution in [0.2, 0.25) is 0 Å². The van der Waals surface area contributed by atoms with E-state index in [0.29, 0.717) is 33.1 Å². The monoisotopic (exact) mass is 548 g/mol. The highest BCUT2D eigenvalue weighted by molar-refractivity contribution is 6.19. The Balaban J connectivity index is 1.70. The van der Waals surface area contributed by atoms with E-state index in [1.165, 1.54) is 6.07 Å². The van der Waals surface area contributed by atoms with E-state index >= 15 is 8.78 Å². The summed E-state index contributed by atoms with van der Waals surface area (Å²) >= 11 is 0. The first-order valence-electron chi connectivity index (χ1n) is 12.3. The number of aromatic nitrogens is 2. The largest absolute Gasteiger partial charge is 0.308 e. The number of benzene rings is 5. The number of hydrogen-bond donors (Lipinski definition) is 0. The van der Waals surface area contributed by atoms with Gasteiger partial charge in [-0.3, -0.25) is 0 Å². The van der Waals surface area contributed by atoms with Crippen LogP contribution in [-0.4, -0.2) is 9.13 Å². The molecule has 0 aliphatic carbocycles. The van der Waals surface area contributed by atoms with Crippen LogP contribution in [0.5, 0.6) is 0 Å². The molecule has 0 unspecified atom stereocenters. The van der Waals surface area contributed by atoms with E-state index < -0.39 is 34.8 Å². The van der Waals surface area contributed by atoms with Crippen LogP contribution in [0.3, 0.4) is 0 Å². The summed E-state index contributed by atoms with van der Waals surface area (Å²) in [4.78, 5) is 0. The highest BCUT2D eigenvalue weighted by Gasteiger charge is 2.29. The summed E-state index contributed by atoms with van der Waals surface area (Å²) in [7, 11) is 0. The Morgan fingerprint density at radius 1 is 0.488 bits per heavy atom. The summed E-state index contributed by atoms with van der Waals surface area (Å²) in [6.07, 6.45) is 0. The zero-order valence-electron chi connectivity index (χ0n) is 20.7. The van der Waals surface area contributed by atoms with E-state index in [9.17, 15) is 23.7 Å². The molecule has 0 atom stereocenters. The van der Waals surface area contributed by atoms with Gasteiger partial charge in [-0.25, -0.2) is 22.0 Å². The molecular weight excluding hydrogens is 535 g/mol. The highest BCUT2D eigenvalue weighted by atomic mass is 19.2. The number of nitriles is 2. The molecule has 0 aliphatic rings. The summed E-state index contributed by atoms with van der Waals surface area (Å²) in [6.45, 7) is 0. The Hall–Kier alpha value is -5.67. The molecule has 0 fully saturated rings. The molecule has 0 spiro atoms. The van der Waals surface area contributed by atoms with Crippen LogP contribution in [0.4, 0.5) is 22.0 Å². The minimum atomic E-state index is -2.24. The molecule has 2 aromatic heterocycles. The molecule has 9 heteroatoms. The first kappa shape index (κ1) is 24.4. The van der Waals surface area contributed by atoms with Crippen LogP contribution < -0.4 is 0 Å². The third-order valence-electron chi connectivity index (χ3n) is 7.36. The van der Waals surface area contributed by atoms with E-state index in [1.807, 2.05) is 36.4 Å². The SMILES string of the molecule is N#Cc1ccc(-n2c3ccccc3c3cc4c5ccccc5n(-c5c(F)c(F)c(F)c(F)c5F)c4cc32)c(C#N)c1. The van der Waals surface area contributed by atoms with Crippen molar-refractivity contribution in [1.29, 1.82) is 10.5 Å². The van der Waals surface area contributed by atoms with Gasteiger partial charge in [-0.05, 0) is 42.5 Å². The molecular formula is C32H13F5N4. The Kier molecular flexibility index (Phi) is 5.15. The normalized spacial score (nSPS) is 11.5. The maximum atomic E-state index is 15.2. The summed E-state index contributed by atoms with van der Waals surface area (Å²) in [5.74, 6) is -10.2. The van der Waals surface area contributed by atoms with Gasteiger partial charge in [0.1, 0.15) is 11.8 Å². The molecule has 2 heterocycles. The van der Waals surface area contributed by atoms with Crippen molar-refractivity contribution in [3.8, 4) is 23.5 Å². The Bertz CT molecular complexity index is 2320. The second kappa shape index (κ2) is 8.67. The minimum Gasteiger partial charge on any atom is -0.308 e. The van der Waals surface area contributed by atoms with Crippen LogP contribution in [0.25, 0.3) is 55.0 Å². The van der Waals surface area contributed by atoms with Gasteiger partial charge >= 0.3 is 0 Å². The van der Waals surface area contributed by atoms with Crippen molar-refractivity contribution in [2.75, 3.05) is 0 Å². The average molecular weight is 548 g/mol. The molecule has 7 rings (SSSR count). The van der Waals surface area contributed by atoms with Crippen molar-refractivity contribution in [2.24, 2.45) is 0 Å². The zero-order valence-corrected chi connectivity index (χ0v) is 20.7. The van der Waals surface area contributed by atoms with Crippen molar-refractivity contribution in [3.63, 3.8) is 0 Å². The van der Waals surface area contributed by atoms with Crippen LogP contribution in [-0.2, 0) is 0 Å². The maximum Gasteiger partial charge on any atom is 0.200 e. The molecule has 0 saturated heterocycles. The average Bonchev–Trinajstić information content (AvgIpc) is 3.50. The molecule has 7 aromatic rings. The van der Waals surface area contributed by atoms with Crippen molar-refractivity contribution >= 4 is 43.6 Å². The summed E-state index contributed by atoms with van der Waals surface area (Å²) < 4.78 is 76.0. The maximum absolute atomic E-state index is 15.2. The predicted molar refractivity (Wildman–Crippen MR) is 144 cm³/mol. The number of halogens is 5. The molecule has 0 radical (unpaired) electrons. The third-order valence-corrected chi connectivity index (χ3v) is 7.36. The number of nitrogens with zero attached hydrogens (tertiary/aromatic N) is 4. The van der Waals surface area contributed by atoms with Gasteiger partial charge in [-0.15, -0.1) is 0 Å². The van der Waals surface area contributed by atoms with Crippen LogP contribution in [0.1, 0.15) is 11.1 Å². The molecule has 41 heavy (non-hydrogen) atoms. The predicted octanol–water partition coefficient (Wildman–Crippen LogP) is 8.32. The zero-order chi connectivity index (χ0) is 28.6. The Morgan fingerprint density at radius 3 is 1.61 bits per heavy atom. The number of fused-ring (bicyclic) bond motifs is 6. The second-order valence-electron chi connectivity index (χ2n) is 9.47. The molecule has 196 valence electrons. The van der Waals surface area contributed by atoms with Gasteiger partial charge in [0.25, 0.3) is 0 Å². The number of rotatable bonds is 2. The minimum absolute atomic E-state index is 0.193. The lowest BCUT2D eigenvalue weighted by Crippen LogP contribution is -2.09. The number of para-hydroxylation sites is 2. The molecule has 0 N–H and O–H groups in total. The van der Waals surface area contributed by atoms with Crippen molar-refractivity contribution in [1.82, 2.24) is 9.13 Å². The molecule has 0 amide bonds. The molecule has 5 aromatic carbocycles. The van der Waals surface area contributed by atoms with E-state index in [0.717, 1.165) is 15.3 Å². The lowest BCUT2D eigenvalue weighted by molar-refractivity contribution is 0.376. The Morgan fingerprint density at radius 2 is 1.02 bits per heavy atom. The van der Waals surface area contributed by atoms with Gasteiger partial charge in [-0.2, -0.15) is 10.5 Å². The summed E-state index contributed by atoms with van der Waals surface area (Å²) in [6, 6.07) is 26.2. The molecule has 0 bridgehead atoms. The van der Waals surface area contributed by atoms with E-state index in [2.05, 4.69) is 6.07 Å². The fraction of sp³-hybridized carbons (Fsp3) is 0. The van der Waals surface area contributed by atoms with Crippen molar-refractivity contribution in [3.05, 3.63) is 119 Å². The van der Waals surface area contributed by atoms with Crippen LogP contribution >= 0.6 is 0 Å². The molecule has 0 aliphatic heterocycles. The first-order chi connectivity index (χ1) is 19.8. The molecule has 0 saturated carbocycles. The highest BCUT2D eigenvalue weighted by Crippen LogP contribution is 2.41. The molecule has 4 nitrogen and oxygen atoms in total. The summed E-state index contributed by atoms with van der Waals surface area (Å²) in [5.41, 5.74) is 1.54.